The number of carbonyl (C=O) groups is 1. The second-order valence-electron chi connectivity index (χ2n) is 5.93. The second kappa shape index (κ2) is 6.29. The lowest BCUT2D eigenvalue weighted by Crippen LogP contribution is -2.15. The molecule has 0 aliphatic carbocycles. The summed E-state index contributed by atoms with van der Waals surface area (Å²) in [6.07, 6.45) is 2.89. The predicted octanol–water partition coefficient (Wildman–Crippen LogP) is 4.79. The number of fused-ring (bicyclic) bond motifs is 1. The Balaban J connectivity index is 1.82. The normalized spacial score (nSPS) is 10.9. The van der Waals surface area contributed by atoms with Crippen LogP contribution in [0.1, 0.15) is 29.2 Å². The molecule has 2 aromatic carbocycles. The number of para-hydroxylation sites is 1. The molecule has 0 atom stereocenters. The van der Waals surface area contributed by atoms with E-state index < -0.39 is 0 Å². The molecule has 1 N–H and O–H groups in total. The van der Waals surface area contributed by atoms with Crippen molar-refractivity contribution >= 4 is 22.6 Å². The first-order valence-corrected chi connectivity index (χ1v) is 7.93. The van der Waals surface area contributed by atoms with Crippen molar-refractivity contribution in [2.24, 2.45) is 0 Å². The molecule has 1 aromatic heterocycles. The Morgan fingerprint density at radius 1 is 1.09 bits per heavy atom. The highest BCUT2D eigenvalue weighted by atomic mass is 16.3. The van der Waals surface area contributed by atoms with Crippen LogP contribution in [0.3, 0.4) is 0 Å². The fraction of sp³-hybridized carbons (Fsp3) is 0.250. The lowest BCUT2D eigenvalue weighted by atomic mass is 10.0. The number of rotatable bonds is 4. The third-order valence-corrected chi connectivity index (χ3v) is 4.29. The van der Waals surface area contributed by atoms with Crippen molar-refractivity contribution in [1.29, 1.82) is 0 Å². The van der Waals surface area contributed by atoms with Crippen molar-refractivity contribution in [3.8, 4) is 0 Å². The van der Waals surface area contributed by atoms with Gasteiger partial charge in [0, 0.05) is 16.6 Å². The summed E-state index contributed by atoms with van der Waals surface area (Å²) in [5.74, 6) is -0.0215. The quantitative estimate of drug-likeness (QED) is 0.752. The summed E-state index contributed by atoms with van der Waals surface area (Å²) in [5.41, 5.74) is 6.19. The SMILES string of the molecule is CCc1ccccc1NC(=O)Cc1coc2cc(C)c(C)cc12. The fourth-order valence-electron chi connectivity index (χ4n) is 2.79. The van der Waals surface area contributed by atoms with Crippen LogP contribution in [0.25, 0.3) is 11.0 Å². The minimum Gasteiger partial charge on any atom is -0.464 e. The van der Waals surface area contributed by atoms with Gasteiger partial charge in [0.25, 0.3) is 0 Å². The summed E-state index contributed by atoms with van der Waals surface area (Å²) in [7, 11) is 0. The van der Waals surface area contributed by atoms with Gasteiger partial charge in [-0.25, -0.2) is 0 Å². The first-order valence-electron chi connectivity index (χ1n) is 7.93. The minimum atomic E-state index is -0.0215. The van der Waals surface area contributed by atoms with Crippen LogP contribution in [-0.2, 0) is 17.6 Å². The Hall–Kier alpha value is -2.55. The number of carbonyl (C=O) groups excluding carboxylic acids is 1. The zero-order chi connectivity index (χ0) is 16.4. The number of aryl methyl sites for hydroxylation is 3. The van der Waals surface area contributed by atoms with Crippen LogP contribution in [0.4, 0.5) is 5.69 Å². The van der Waals surface area contributed by atoms with Crippen molar-refractivity contribution in [2.45, 2.75) is 33.6 Å². The van der Waals surface area contributed by atoms with Crippen molar-refractivity contribution in [2.75, 3.05) is 5.32 Å². The van der Waals surface area contributed by atoms with E-state index in [1.165, 1.54) is 11.1 Å². The van der Waals surface area contributed by atoms with E-state index in [0.717, 1.165) is 34.2 Å². The van der Waals surface area contributed by atoms with Gasteiger partial charge in [0.2, 0.25) is 5.91 Å². The summed E-state index contributed by atoms with van der Waals surface area (Å²) >= 11 is 0. The van der Waals surface area contributed by atoms with Crippen molar-refractivity contribution in [1.82, 2.24) is 0 Å². The molecule has 0 aliphatic heterocycles. The minimum absolute atomic E-state index is 0.0215. The molecule has 1 amide bonds. The summed E-state index contributed by atoms with van der Waals surface area (Å²) in [6, 6.07) is 12.0. The van der Waals surface area contributed by atoms with E-state index in [2.05, 4.69) is 32.2 Å². The molecule has 0 saturated carbocycles. The average Bonchev–Trinajstić information content (AvgIpc) is 2.90. The van der Waals surface area contributed by atoms with E-state index in [1.807, 2.05) is 30.3 Å². The van der Waals surface area contributed by atoms with Crippen LogP contribution in [0.15, 0.2) is 47.1 Å². The number of nitrogens with one attached hydrogen (secondary N) is 1. The van der Waals surface area contributed by atoms with Gasteiger partial charge >= 0.3 is 0 Å². The molecule has 3 heteroatoms. The van der Waals surface area contributed by atoms with Gasteiger partial charge in [-0.1, -0.05) is 25.1 Å². The summed E-state index contributed by atoms with van der Waals surface area (Å²) in [4.78, 5) is 12.4. The number of hydrogen-bond acceptors (Lipinski definition) is 2. The molecule has 0 bridgehead atoms. The largest absolute Gasteiger partial charge is 0.464 e. The highest BCUT2D eigenvalue weighted by Gasteiger charge is 2.12. The van der Waals surface area contributed by atoms with E-state index >= 15 is 0 Å². The fourth-order valence-corrected chi connectivity index (χ4v) is 2.79. The van der Waals surface area contributed by atoms with Crippen LogP contribution < -0.4 is 5.32 Å². The molecular weight excluding hydrogens is 286 g/mol. The van der Waals surface area contributed by atoms with E-state index in [9.17, 15) is 4.79 Å². The van der Waals surface area contributed by atoms with E-state index in [-0.39, 0.29) is 5.91 Å². The first-order chi connectivity index (χ1) is 11.1. The predicted molar refractivity (Wildman–Crippen MR) is 93.8 cm³/mol. The van der Waals surface area contributed by atoms with Gasteiger partial charge in [0.05, 0.1) is 12.7 Å². The van der Waals surface area contributed by atoms with Gasteiger partial charge < -0.3 is 9.73 Å². The zero-order valence-corrected chi connectivity index (χ0v) is 13.8. The third kappa shape index (κ3) is 3.14. The molecule has 0 radical (unpaired) electrons. The van der Waals surface area contributed by atoms with Gasteiger partial charge in [0.15, 0.2) is 0 Å². The molecular formula is C20H21NO2. The van der Waals surface area contributed by atoms with Crippen LogP contribution in [-0.4, -0.2) is 5.91 Å². The van der Waals surface area contributed by atoms with Gasteiger partial charge in [-0.2, -0.15) is 0 Å². The van der Waals surface area contributed by atoms with E-state index in [0.29, 0.717) is 6.42 Å². The Kier molecular flexibility index (Phi) is 4.20. The molecule has 1 heterocycles. The zero-order valence-electron chi connectivity index (χ0n) is 13.8. The van der Waals surface area contributed by atoms with Gasteiger partial charge in [-0.3, -0.25) is 4.79 Å². The molecule has 118 valence electrons. The summed E-state index contributed by atoms with van der Waals surface area (Å²) in [6.45, 7) is 6.22. The number of furan rings is 1. The number of anilines is 1. The molecule has 3 aromatic rings. The molecule has 3 nitrogen and oxygen atoms in total. The number of amides is 1. The maximum absolute atomic E-state index is 12.4. The Morgan fingerprint density at radius 2 is 1.83 bits per heavy atom. The number of benzene rings is 2. The Bertz CT molecular complexity index is 861. The van der Waals surface area contributed by atoms with Gasteiger partial charge in [0.1, 0.15) is 5.58 Å². The lowest BCUT2D eigenvalue weighted by molar-refractivity contribution is -0.115. The summed E-state index contributed by atoms with van der Waals surface area (Å²) < 4.78 is 5.60. The van der Waals surface area contributed by atoms with Crippen LogP contribution >= 0.6 is 0 Å². The first kappa shape index (κ1) is 15.3. The van der Waals surface area contributed by atoms with Gasteiger partial charge in [-0.05, 0) is 55.2 Å². The van der Waals surface area contributed by atoms with Crippen molar-refractivity contribution in [3.05, 3.63) is 64.9 Å². The monoisotopic (exact) mass is 307 g/mol. The topological polar surface area (TPSA) is 42.2 Å². The van der Waals surface area contributed by atoms with Crippen LogP contribution in [0.2, 0.25) is 0 Å². The Labute approximate surface area is 136 Å². The van der Waals surface area contributed by atoms with E-state index in [4.69, 9.17) is 4.42 Å². The number of hydrogen-bond donors (Lipinski definition) is 1. The summed E-state index contributed by atoms with van der Waals surface area (Å²) in [5, 5.41) is 4.03. The molecule has 0 aliphatic rings. The maximum Gasteiger partial charge on any atom is 0.228 e. The smallest absolute Gasteiger partial charge is 0.228 e. The molecule has 0 saturated heterocycles. The van der Waals surface area contributed by atoms with Crippen LogP contribution in [0.5, 0.6) is 0 Å². The second-order valence-corrected chi connectivity index (χ2v) is 5.93. The third-order valence-electron chi connectivity index (χ3n) is 4.29. The molecule has 23 heavy (non-hydrogen) atoms. The molecule has 3 rings (SSSR count). The molecule has 0 unspecified atom stereocenters. The Morgan fingerprint density at radius 3 is 2.61 bits per heavy atom. The average molecular weight is 307 g/mol. The highest BCUT2D eigenvalue weighted by molar-refractivity contribution is 5.96. The van der Waals surface area contributed by atoms with E-state index in [1.54, 1.807) is 6.26 Å². The maximum atomic E-state index is 12.4. The molecule has 0 spiro atoms. The standard InChI is InChI=1S/C20H21NO2/c1-4-15-7-5-6-8-18(15)21-20(22)11-16-12-23-19-10-14(3)13(2)9-17(16)19/h5-10,12H,4,11H2,1-3H3,(H,21,22). The van der Waals surface area contributed by atoms with Gasteiger partial charge in [-0.15, -0.1) is 0 Å². The lowest BCUT2D eigenvalue weighted by Gasteiger charge is -2.09. The highest BCUT2D eigenvalue weighted by Crippen LogP contribution is 2.25. The van der Waals surface area contributed by atoms with Crippen molar-refractivity contribution < 1.29 is 9.21 Å². The van der Waals surface area contributed by atoms with Crippen molar-refractivity contribution in [3.63, 3.8) is 0 Å². The molecule has 0 fully saturated rings. The van der Waals surface area contributed by atoms with Crippen LogP contribution in [0, 0.1) is 13.8 Å².